The number of anilines is 1. The minimum Gasteiger partial charge on any atom is -0.368 e. The minimum atomic E-state index is -0.456. The average molecular weight is 280 g/mol. The maximum Gasteiger partial charge on any atom is 0.254 e. The third-order valence-corrected chi connectivity index (χ3v) is 4.83. The Bertz CT molecular complexity index is 532. The standard InChI is InChI=1S/C13H16N2O3S/c14-11(16)10-7-3-1-5-9(7)19-13(10)15-12(17)8-4-2-6-18-8/h8H,1-6H2,(H2,14,16)(H,15,17)/t8-/m0/s1. The summed E-state index contributed by atoms with van der Waals surface area (Å²) in [6, 6.07) is 0. The SMILES string of the molecule is NC(=O)c1c(NC(=O)[C@@H]2CCCO2)sc2c1CCC2. The van der Waals surface area contributed by atoms with Crippen LogP contribution < -0.4 is 11.1 Å². The highest BCUT2D eigenvalue weighted by molar-refractivity contribution is 7.17. The quantitative estimate of drug-likeness (QED) is 0.879. The van der Waals surface area contributed by atoms with Crippen molar-refractivity contribution < 1.29 is 14.3 Å². The van der Waals surface area contributed by atoms with Gasteiger partial charge in [-0.25, -0.2) is 0 Å². The smallest absolute Gasteiger partial charge is 0.254 e. The molecule has 3 N–H and O–H groups in total. The molecule has 1 fully saturated rings. The fourth-order valence-corrected chi connectivity index (χ4v) is 4.03. The molecular weight excluding hydrogens is 264 g/mol. The molecular formula is C13H16N2O3S. The molecule has 0 saturated carbocycles. The van der Waals surface area contributed by atoms with Crippen LogP contribution >= 0.6 is 11.3 Å². The summed E-state index contributed by atoms with van der Waals surface area (Å²) in [4.78, 5) is 24.8. The van der Waals surface area contributed by atoms with Crippen LogP contribution in [0.25, 0.3) is 0 Å². The van der Waals surface area contributed by atoms with Crippen LogP contribution in [0.2, 0.25) is 0 Å². The molecule has 6 heteroatoms. The number of carbonyl (C=O) groups is 2. The summed E-state index contributed by atoms with van der Waals surface area (Å²) in [5, 5.41) is 3.41. The summed E-state index contributed by atoms with van der Waals surface area (Å²) in [6.45, 7) is 0.627. The van der Waals surface area contributed by atoms with Gasteiger partial charge in [0.25, 0.3) is 11.8 Å². The Morgan fingerprint density at radius 2 is 2.16 bits per heavy atom. The Kier molecular flexibility index (Phi) is 3.28. The highest BCUT2D eigenvalue weighted by Crippen LogP contribution is 2.39. The third kappa shape index (κ3) is 2.26. The summed E-state index contributed by atoms with van der Waals surface area (Å²) in [6.07, 6.45) is 4.15. The lowest BCUT2D eigenvalue weighted by Gasteiger charge is -2.10. The predicted molar refractivity (Wildman–Crippen MR) is 72.5 cm³/mol. The number of fused-ring (bicyclic) bond motifs is 1. The normalized spacial score (nSPS) is 21.4. The molecule has 1 aliphatic carbocycles. The average Bonchev–Trinajstić information content (AvgIpc) is 3.03. The van der Waals surface area contributed by atoms with Gasteiger partial charge in [-0.05, 0) is 37.7 Å². The van der Waals surface area contributed by atoms with Gasteiger partial charge in [0.15, 0.2) is 0 Å². The van der Waals surface area contributed by atoms with Crippen molar-refractivity contribution in [1.29, 1.82) is 0 Å². The highest BCUT2D eigenvalue weighted by Gasteiger charge is 2.29. The van der Waals surface area contributed by atoms with E-state index in [-0.39, 0.29) is 5.91 Å². The number of thiophene rings is 1. The van der Waals surface area contributed by atoms with Gasteiger partial charge in [-0.2, -0.15) is 0 Å². The molecule has 2 amide bonds. The lowest BCUT2D eigenvalue weighted by atomic mass is 10.1. The first-order chi connectivity index (χ1) is 9.16. The van der Waals surface area contributed by atoms with Crippen molar-refractivity contribution in [2.45, 2.75) is 38.2 Å². The van der Waals surface area contributed by atoms with Crippen LogP contribution in [0.15, 0.2) is 0 Å². The number of hydrogen-bond donors (Lipinski definition) is 2. The number of amides is 2. The Morgan fingerprint density at radius 1 is 1.32 bits per heavy atom. The second kappa shape index (κ2) is 4.94. The summed E-state index contributed by atoms with van der Waals surface area (Å²) < 4.78 is 5.34. The fraction of sp³-hybridized carbons (Fsp3) is 0.538. The van der Waals surface area contributed by atoms with Gasteiger partial charge in [0.1, 0.15) is 11.1 Å². The monoisotopic (exact) mass is 280 g/mol. The van der Waals surface area contributed by atoms with Crippen molar-refractivity contribution in [2.75, 3.05) is 11.9 Å². The van der Waals surface area contributed by atoms with Crippen molar-refractivity contribution in [3.63, 3.8) is 0 Å². The van der Waals surface area contributed by atoms with Crippen molar-refractivity contribution in [3.05, 3.63) is 16.0 Å². The lowest BCUT2D eigenvalue weighted by molar-refractivity contribution is -0.124. The van der Waals surface area contributed by atoms with Gasteiger partial charge in [0, 0.05) is 11.5 Å². The first-order valence-electron chi connectivity index (χ1n) is 6.53. The van der Waals surface area contributed by atoms with Gasteiger partial charge in [0.2, 0.25) is 0 Å². The largest absolute Gasteiger partial charge is 0.368 e. The van der Waals surface area contributed by atoms with E-state index < -0.39 is 12.0 Å². The molecule has 0 bridgehead atoms. The highest BCUT2D eigenvalue weighted by atomic mass is 32.1. The molecule has 1 aliphatic heterocycles. The van der Waals surface area contributed by atoms with Crippen LogP contribution in [0.1, 0.15) is 40.1 Å². The molecule has 102 valence electrons. The van der Waals surface area contributed by atoms with Gasteiger partial charge in [0.05, 0.1) is 5.56 Å². The molecule has 2 heterocycles. The van der Waals surface area contributed by atoms with Crippen LogP contribution in [-0.2, 0) is 22.4 Å². The maximum atomic E-state index is 12.0. The van der Waals surface area contributed by atoms with E-state index in [2.05, 4.69) is 5.32 Å². The van der Waals surface area contributed by atoms with E-state index in [1.807, 2.05) is 0 Å². The number of rotatable bonds is 3. The van der Waals surface area contributed by atoms with E-state index >= 15 is 0 Å². The van der Waals surface area contributed by atoms with E-state index in [1.54, 1.807) is 0 Å². The Morgan fingerprint density at radius 3 is 2.84 bits per heavy atom. The number of ether oxygens (including phenoxy) is 1. The second-order valence-electron chi connectivity index (χ2n) is 4.92. The molecule has 1 saturated heterocycles. The predicted octanol–water partition coefficient (Wildman–Crippen LogP) is 1.45. The van der Waals surface area contributed by atoms with Crippen molar-refractivity contribution >= 4 is 28.2 Å². The van der Waals surface area contributed by atoms with Gasteiger partial charge in [-0.1, -0.05) is 0 Å². The fourth-order valence-electron chi connectivity index (χ4n) is 2.73. The molecule has 1 atom stereocenters. The van der Waals surface area contributed by atoms with Gasteiger partial charge in [-0.3, -0.25) is 9.59 Å². The van der Waals surface area contributed by atoms with Gasteiger partial charge in [-0.15, -0.1) is 11.3 Å². The van der Waals surface area contributed by atoms with E-state index in [9.17, 15) is 9.59 Å². The summed E-state index contributed by atoms with van der Waals surface area (Å²) >= 11 is 1.48. The van der Waals surface area contributed by atoms with E-state index in [0.29, 0.717) is 17.2 Å². The molecule has 5 nitrogen and oxygen atoms in total. The third-order valence-electron chi connectivity index (χ3n) is 3.63. The second-order valence-corrected chi connectivity index (χ2v) is 6.02. The molecule has 1 aromatic rings. The van der Waals surface area contributed by atoms with Crippen LogP contribution in [0.3, 0.4) is 0 Å². The lowest BCUT2D eigenvalue weighted by Crippen LogP contribution is -2.27. The molecule has 2 aliphatic rings. The van der Waals surface area contributed by atoms with Crippen molar-refractivity contribution in [1.82, 2.24) is 0 Å². The Labute approximate surface area is 115 Å². The minimum absolute atomic E-state index is 0.167. The van der Waals surface area contributed by atoms with Crippen molar-refractivity contribution in [2.24, 2.45) is 5.73 Å². The molecule has 0 unspecified atom stereocenters. The van der Waals surface area contributed by atoms with E-state index in [0.717, 1.165) is 37.7 Å². The Balaban J connectivity index is 1.84. The zero-order valence-electron chi connectivity index (χ0n) is 10.5. The molecule has 0 spiro atoms. The number of nitrogens with one attached hydrogen (secondary N) is 1. The van der Waals surface area contributed by atoms with Crippen molar-refractivity contribution in [3.8, 4) is 0 Å². The van der Waals surface area contributed by atoms with Crippen LogP contribution in [0.4, 0.5) is 5.00 Å². The maximum absolute atomic E-state index is 12.0. The molecule has 0 radical (unpaired) electrons. The molecule has 19 heavy (non-hydrogen) atoms. The summed E-state index contributed by atoms with van der Waals surface area (Å²) in [5.41, 5.74) is 6.98. The van der Waals surface area contributed by atoms with Gasteiger partial charge < -0.3 is 15.8 Å². The summed E-state index contributed by atoms with van der Waals surface area (Å²) in [5.74, 6) is -0.623. The van der Waals surface area contributed by atoms with E-state index in [4.69, 9.17) is 10.5 Å². The number of aryl methyl sites for hydroxylation is 1. The first kappa shape index (κ1) is 12.6. The number of carbonyl (C=O) groups excluding carboxylic acids is 2. The zero-order chi connectivity index (χ0) is 13.4. The summed E-state index contributed by atoms with van der Waals surface area (Å²) in [7, 11) is 0. The zero-order valence-corrected chi connectivity index (χ0v) is 11.3. The molecule has 0 aromatic carbocycles. The van der Waals surface area contributed by atoms with Crippen LogP contribution in [-0.4, -0.2) is 24.5 Å². The topological polar surface area (TPSA) is 81.4 Å². The molecule has 1 aromatic heterocycles. The number of primary amides is 1. The van der Waals surface area contributed by atoms with Crippen LogP contribution in [0, 0.1) is 0 Å². The molecule has 3 rings (SSSR count). The number of nitrogens with two attached hydrogens (primary N) is 1. The first-order valence-corrected chi connectivity index (χ1v) is 7.35. The van der Waals surface area contributed by atoms with Gasteiger partial charge >= 0.3 is 0 Å². The number of hydrogen-bond acceptors (Lipinski definition) is 4. The van der Waals surface area contributed by atoms with E-state index in [1.165, 1.54) is 16.2 Å². The van der Waals surface area contributed by atoms with Crippen LogP contribution in [0.5, 0.6) is 0 Å². The Hall–Kier alpha value is -1.40.